The molecule has 0 bridgehead atoms. The van der Waals surface area contributed by atoms with Crippen molar-refractivity contribution < 1.29 is 23.8 Å². The molecular formula is C23H26O5. The molecule has 0 radical (unpaired) electrons. The van der Waals surface area contributed by atoms with Gasteiger partial charge < -0.3 is 14.2 Å². The van der Waals surface area contributed by atoms with E-state index in [9.17, 15) is 9.59 Å². The molecule has 0 aliphatic rings. The molecule has 0 saturated carbocycles. The van der Waals surface area contributed by atoms with E-state index in [4.69, 9.17) is 14.2 Å². The van der Waals surface area contributed by atoms with Gasteiger partial charge in [0.2, 0.25) is 5.78 Å². The maximum Gasteiger partial charge on any atom is 0.331 e. The molecule has 0 aliphatic carbocycles. The molecule has 0 saturated heterocycles. The fourth-order valence-corrected chi connectivity index (χ4v) is 2.97. The maximum atomic E-state index is 12.5. The van der Waals surface area contributed by atoms with Crippen molar-refractivity contribution in [1.82, 2.24) is 0 Å². The molecule has 0 atom stereocenters. The number of benzene rings is 2. The molecule has 0 N–H and O–H groups in total. The summed E-state index contributed by atoms with van der Waals surface area (Å²) < 4.78 is 15.7. The van der Waals surface area contributed by atoms with Gasteiger partial charge in [0.15, 0.2) is 18.1 Å². The quantitative estimate of drug-likeness (QED) is 0.404. The molecule has 2 rings (SSSR count). The average molecular weight is 382 g/mol. The van der Waals surface area contributed by atoms with Crippen molar-refractivity contribution in [2.45, 2.75) is 27.7 Å². The molecule has 2 aromatic rings. The third-order valence-corrected chi connectivity index (χ3v) is 4.96. The molecule has 5 nitrogen and oxygen atoms in total. The van der Waals surface area contributed by atoms with Gasteiger partial charge in [-0.1, -0.05) is 12.1 Å². The van der Waals surface area contributed by atoms with Gasteiger partial charge in [-0.25, -0.2) is 4.79 Å². The Labute approximate surface area is 165 Å². The van der Waals surface area contributed by atoms with E-state index in [1.165, 1.54) is 18.7 Å². The Kier molecular flexibility index (Phi) is 6.99. The van der Waals surface area contributed by atoms with Gasteiger partial charge in [-0.05, 0) is 68.2 Å². The van der Waals surface area contributed by atoms with E-state index in [1.54, 1.807) is 31.4 Å². The Balaban J connectivity index is 2.07. The average Bonchev–Trinajstić information content (AvgIpc) is 2.70. The van der Waals surface area contributed by atoms with Gasteiger partial charge in [-0.15, -0.1) is 0 Å². The van der Waals surface area contributed by atoms with Crippen molar-refractivity contribution in [3.63, 3.8) is 0 Å². The number of methoxy groups -OCH3 is 2. The third-order valence-electron chi connectivity index (χ3n) is 4.96. The lowest BCUT2D eigenvalue weighted by molar-refractivity contribution is -0.136. The number of hydrogen-bond donors (Lipinski definition) is 0. The number of carbonyl (C=O) groups is 2. The summed E-state index contributed by atoms with van der Waals surface area (Å²) in [6, 6.07) is 7.20. The number of Topliss-reactive ketones (excluding diaryl/α,β-unsaturated/α-hetero) is 1. The summed E-state index contributed by atoms with van der Waals surface area (Å²) in [6.45, 7) is 7.59. The number of para-hydroxylation sites is 1. The summed E-state index contributed by atoms with van der Waals surface area (Å²) in [6.07, 6.45) is 2.84. The van der Waals surface area contributed by atoms with Crippen molar-refractivity contribution in [1.29, 1.82) is 0 Å². The second-order valence-electron chi connectivity index (χ2n) is 6.56. The maximum absolute atomic E-state index is 12.5. The van der Waals surface area contributed by atoms with Gasteiger partial charge in [-0.2, -0.15) is 0 Å². The van der Waals surface area contributed by atoms with E-state index in [0.717, 1.165) is 16.7 Å². The predicted octanol–water partition coefficient (Wildman–Crippen LogP) is 4.38. The Morgan fingerprint density at radius 1 is 0.964 bits per heavy atom. The summed E-state index contributed by atoms with van der Waals surface area (Å²) in [7, 11) is 3.07. The molecule has 28 heavy (non-hydrogen) atoms. The largest absolute Gasteiger partial charge is 0.493 e. The van der Waals surface area contributed by atoms with Crippen LogP contribution in [0.4, 0.5) is 0 Å². The molecule has 0 heterocycles. The number of rotatable bonds is 7. The van der Waals surface area contributed by atoms with E-state index < -0.39 is 5.97 Å². The fourth-order valence-electron chi connectivity index (χ4n) is 2.97. The first-order chi connectivity index (χ1) is 13.3. The zero-order valence-electron chi connectivity index (χ0n) is 17.2. The van der Waals surface area contributed by atoms with Crippen LogP contribution in [0.3, 0.4) is 0 Å². The molecule has 0 fully saturated rings. The smallest absolute Gasteiger partial charge is 0.331 e. The molecule has 5 heteroatoms. The SMILES string of the molecule is COc1cccc(/C=C/C(=O)OCC(=O)c2cc(C)c(C)c(C)c2C)c1OC. The number of ether oxygens (including phenoxy) is 3. The van der Waals surface area contributed by atoms with E-state index in [0.29, 0.717) is 22.6 Å². The van der Waals surface area contributed by atoms with Crippen LogP contribution in [0.5, 0.6) is 11.5 Å². The minimum atomic E-state index is -0.601. The summed E-state index contributed by atoms with van der Waals surface area (Å²) in [5, 5.41) is 0. The predicted molar refractivity (Wildman–Crippen MR) is 109 cm³/mol. The van der Waals surface area contributed by atoms with Crippen molar-refractivity contribution >= 4 is 17.8 Å². The van der Waals surface area contributed by atoms with Crippen molar-refractivity contribution in [2.24, 2.45) is 0 Å². The Morgan fingerprint density at radius 2 is 1.68 bits per heavy atom. The summed E-state index contributed by atoms with van der Waals surface area (Å²) in [5.41, 5.74) is 5.47. The first-order valence-corrected chi connectivity index (χ1v) is 8.96. The van der Waals surface area contributed by atoms with Gasteiger partial charge in [-0.3, -0.25) is 4.79 Å². The monoisotopic (exact) mass is 382 g/mol. The van der Waals surface area contributed by atoms with Gasteiger partial charge in [0, 0.05) is 17.2 Å². The highest BCUT2D eigenvalue weighted by atomic mass is 16.5. The Bertz CT molecular complexity index is 925. The minimum absolute atomic E-state index is 0.218. The first-order valence-electron chi connectivity index (χ1n) is 8.96. The lowest BCUT2D eigenvalue weighted by Gasteiger charge is -2.13. The van der Waals surface area contributed by atoms with Gasteiger partial charge >= 0.3 is 5.97 Å². The first kappa shape index (κ1) is 21.2. The molecular weight excluding hydrogens is 356 g/mol. The molecule has 0 amide bonds. The molecule has 0 spiro atoms. The summed E-state index contributed by atoms with van der Waals surface area (Å²) >= 11 is 0. The standard InChI is InChI=1S/C23H26O5/c1-14-12-19(17(4)16(3)15(14)2)20(24)13-28-22(25)11-10-18-8-7-9-21(26-5)23(18)27-6/h7-12H,13H2,1-6H3/b11-10+. The van der Waals surface area contributed by atoms with Crippen LogP contribution in [0.2, 0.25) is 0 Å². The van der Waals surface area contributed by atoms with Crippen LogP contribution in [0.15, 0.2) is 30.3 Å². The number of hydrogen-bond acceptors (Lipinski definition) is 5. The third kappa shape index (κ3) is 4.60. The van der Waals surface area contributed by atoms with Crippen LogP contribution in [-0.2, 0) is 9.53 Å². The highest BCUT2D eigenvalue weighted by Gasteiger charge is 2.15. The van der Waals surface area contributed by atoms with Gasteiger partial charge in [0.25, 0.3) is 0 Å². The van der Waals surface area contributed by atoms with E-state index in [2.05, 4.69) is 0 Å². The number of aryl methyl sites for hydroxylation is 1. The topological polar surface area (TPSA) is 61.8 Å². The van der Waals surface area contributed by atoms with E-state index in [-0.39, 0.29) is 12.4 Å². The van der Waals surface area contributed by atoms with Crippen LogP contribution in [0.1, 0.15) is 38.2 Å². The molecule has 2 aromatic carbocycles. The molecule has 148 valence electrons. The van der Waals surface area contributed by atoms with Gasteiger partial charge in [0.1, 0.15) is 0 Å². The molecule has 0 unspecified atom stereocenters. The van der Waals surface area contributed by atoms with Crippen LogP contribution in [-0.4, -0.2) is 32.6 Å². The highest BCUT2D eigenvalue weighted by molar-refractivity contribution is 6.00. The molecule has 0 aliphatic heterocycles. The van der Waals surface area contributed by atoms with Gasteiger partial charge in [0.05, 0.1) is 14.2 Å². The summed E-state index contributed by atoms with van der Waals surface area (Å²) in [5.74, 6) is 0.265. The van der Waals surface area contributed by atoms with Crippen LogP contribution < -0.4 is 9.47 Å². The van der Waals surface area contributed by atoms with E-state index >= 15 is 0 Å². The van der Waals surface area contributed by atoms with Crippen LogP contribution >= 0.6 is 0 Å². The zero-order valence-corrected chi connectivity index (χ0v) is 17.2. The van der Waals surface area contributed by atoms with Crippen LogP contribution in [0.25, 0.3) is 6.08 Å². The van der Waals surface area contributed by atoms with Crippen molar-refractivity contribution in [2.75, 3.05) is 20.8 Å². The number of carbonyl (C=O) groups excluding carboxylic acids is 2. The second kappa shape index (κ2) is 9.22. The van der Waals surface area contributed by atoms with E-state index in [1.807, 2.05) is 33.8 Å². The highest BCUT2D eigenvalue weighted by Crippen LogP contribution is 2.31. The normalized spacial score (nSPS) is 10.8. The summed E-state index contributed by atoms with van der Waals surface area (Å²) in [4.78, 5) is 24.6. The lowest BCUT2D eigenvalue weighted by atomic mass is 9.93. The fraction of sp³-hybridized carbons (Fsp3) is 0.304. The Morgan fingerprint density at radius 3 is 2.32 bits per heavy atom. The Hall–Kier alpha value is -3.08. The zero-order chi connectivity index (χ0) is 20.8. The number of esters is 1. The lowest BCUT2D eigenvalue weighted by Crippen LogP contribution is -2.15. The second-order valence-corrected chi connectivity index (χ2v) is 6.56. The molecule has 0 aromatic heterocycles. The minimum Gasteiger partial charge on any atom is -0.493 e. The number of ketones is 1. The van der Waals surface area contributed by atoms with Crippen molar-refractivity contribution in [3.05, 3.63) is 63.7 Å². The van der Waals surface area contributed by atoms with Crippen LogP contribution in [0, 0.1) is 27.7 Å². The van der Waals surface area contributed by atoms with Crippen molar-refractivity contribution in [3.8, 4) is 11.5 Å².